The van der Waals surface area contributed by atoms with Gasteiger partial charge in [0.05, 0.1) is 39.1 Å². The Bertz CT molecular complexity index is 1860. The van der Waals surface area contributed by atoms with Gasteiger partial charge in [0.1, 0.15) is 17.6 Å². The summed E-state index contributed by atoms with van der Waals surface area (Å²) in [5.74, 6) is -0.216. The summed E-state index contributed by atoms with van der Waals surface area (Å²) < 4.78 is 21.1. The van der Waals surface area contributed by atoms with Crippen molar-refractivity contribution in [1.29, 1.82) is 5.26 Å². The minimum atomic E-state index is -0.524. The van der Waals surface area contributed by atoms with Crippen molar-refractivity contribution in [2.45, 2.75) is 6.92 Å². The lowest BCUT2D eigenvalue weighted by atomic mass is 9.97. The van der Waals surface area contributed by atoms with Crippen molar-refractivity contribution in [3.63, 3.8) is 0 Å². The van der Waals surface area contributed by atoms with Crippen LogP contribution in [0, 0.1) is 24.1 Å². The number of amides is 1. The van der Waals surface area contributed by atoms with Crippen LogP contribution < -0.4 is 15.8 Å². The zero-order valence-corrected chi connectivity index (χ0v) is 22.1. The first-order valence-corrected chi connectivity index (χ1v) is 12.3. The molecule has 0 aliphatic heterocycles. The van der Waals surface area contributed by atoms with Crippen molar-refractivity contribution in [3.05, 3.63) is 89.6 Å². The van der Waals surface area contributed by atoms with Gasteiger partial charge in [-0.15, -0.1) is 0 Å². The molecule has 0 atom stereocenters. The molecule has 0 aliphatic rings. The first-order chi connectivity index (χ1) is 19.2. The van der Waals surface area contributed by atoms with E-state index in [9.17, 15) is 14.4 Å². The number of rotatable bonds is 6. The molecule has 40 heavy (non-hydrogen) atoms. The smallest absolute Gasteiger partial charge is 0.322 e. The fourth-order valence-electron chi connectivity index (χ4n) is 4.44. The average Bonchev–Trinajstić information content (AvgIpc) is 3.25. The molecule has 0 radical (unpaired) electrons. The van der Waals surface area contributed by atoms with E-state index in [1.54, 1.807) is 30.3 Å². The van der Waals surface area contributed by atoms with Crippen molar-refractivity contribution in [2.24, 2.45) is 7.05 Å². The van der Waals surface area contributed by atoms with Crippen LogP contribution in [-0.2, 0) is 11.8 Å². The van der Waals surface area contributed by atoms with E-state index in [1.165, 1.54) is 19.2 Å². The number of hydrogen-bond donors (Lipinski definition) is 2. The third-order valence-corrected chi connectivity index (χ3v) is 6.60. The van der Waals surface area contributed by atoms with Gasteiger partial charge in [-0.3, -0.25) is 4.79 Å². The van der Waals surface area contributed by atoms with Gasteiger partial charge in [-0.25, -0.2) is 14.4 Å². The number of aryl methyl sites for hydroxylation is 2. The maximum absolute atomic E-state index is 13.5. The molecule has 2 aromatic carbocycles. The lowest BCUT2D eigenvalue weighted by Crippen LogP contribution is -2.07. The summed E-state index contributed by atoms with van der Waals surface area (Å²) in [4.78, 5) is 23.9. The van der Waals surface area contributed by atoms with Crippen LogP contribution in [0.1, 0.15) is 11.3 Å². The van der Waals surface area contributed by atoms with Gasteiger partial charge in [-0.1, -0.05) is 30.3 Å². The molecule has 0 saturated heterocycles. The van der Waals surface area contributed by atoms with Crippen molar-refractivity contribution in [3.8, 4) is 40.2 Å². The van der Waals surface area contributed by atoms with Crippen LogP contribution in [0.4, 0.5) is 15.9 Å². The fraction of sp³-hybridized carbons (Fsp3) is 0.0690. The second kappa shape index (κ2) is 10.5. The minimum absolute atomic E-state index is 0.0139. The molecule has 3 aromatic heterocycles. The standard InChI is InChI=1S/C29H21ClFN7O2/c1-4-23(39)37-18-7-10-20(21(30)11-18)27-24(25-26(38(27)3)17(12-32)13-34-28(25)33)16-5-8-19(9-6-16)40-29-35-14-22(31)15(2)36-29/h4-11,13-14H,1H2,2-3H3,(H2,33,34)(H,37,39). The average molecular weight is 554 g/mol. The molecule has 0 bridgehead atoms. The summed E-state index contributed by atoms with van der Waals surface area (Å²) in [6.45, 7) is 4.99. The Morgan fingerprint density at radius 1 is 1.23 bits per heavy atom. The van der Waals surface area contributed by atoms with Crippen molar-refractivity contribution in [2.75, 3.05) is 11.1 Å². The van der Waals surface area contributed by atoms with E-state index in [2.05, 4.69) is 32.9 Å². The number of fused-ring (bicyclic) bond motifs is 1. The number of hydrogen-bond acceptors (Lipinski definition) is 7. The van der Waals surface area contributed by atoms with Gasteiger partial charge < -0.3 is 20.4 Å². The number of nitrogens with two attached hydrogens (primary N) is 1. The Morgan fingerprint density at radius 2 is 1.98 bits per heavy atom. The van der Waals surface area contributed by atoms with Crippen LogP contribution in [0.3, 0.4) is 0 Å². The Labute approximate surface area is 233 Å². The number of nitrogen functional groups attached to an aromatic ring is 1. The molecule has 5 aromatic rings. The van der Waals surface area contributed by atoms with E-state index in [1.807, 2.05) is 23.7 Å². The molecule has 198 valence electrons. The Morgan fingerprint density at radius 3 is 2.62 bits per heavy atom. The summed E-state index contributed by atoms with van der Waals surface area (Å²) in [6, 6.07) is 14.4. The summed E-state index contributed by atoms with van der Waals surface area (Å²) in [6.07, 6.45) is 3.65. The number of pyridine rings is 1. The number of carbonyl (C=O) groups is 1. The van der Waals surface area contributed by atoms with Crippen molar-refractivity contribution in [1.82, 2.24) is 19.5 Å². The van der Waals surface area contributed by atoms with Gasteiger partial charge in [0.25, 0.3) is 0 Å². The molecule has 0 saturated carbocycles. The maximum atomic E-state index is 13.5. The highest BCUT2D eigenvalue weighted by Gasteiger charge is 2.24. The number of aromatic nitrogens is 4. The summed E-state index contributed by atoms with van der Waals surface area (Å²) in [7, 11) is 1.82. The van der Waals surface area contributed by atoms with Gasteiger partial charge in [-0.2, -0.15) is 10.2 Å². The fourth-order valence-corrected chi connectivity index (χ4v) is 4.71. The van der Waals surface area contributed by atoms with Gasteiger partial charge >= 0.3 is 6.01 Å². The number of carbonyl (C=O) groups excluding carboxylic acids is 1. The number of halogens is 2. The Hall–Kier alpha value is -5.27. The van der Waals surface area contributed by atoms with Crippen molar-refractivity contribution >= 4 is 39.9 Å². The highest BCUT2D eigenvalue weighted by Crippen LogP contribution is 2.45. The normalized spacial score (nSPS) is 10.8. The third kappa shape index (κ3) is 4.70. The lowest BCUT2D eigenvalue weighted by Gasteiger charge is -2.13. The first kappa shape index (κ1) is 26.3. The van der Waals surface area contributed by atoms with E-state index in [4.69, 9.17) is 22.1 Å². The summed E-state index contributed by atoms with van der Waals surface area (Å²) in [5.41, 5.74) is 10.7. The van der Waals surface area contributed by atoms with Gasteiger partial charge in [-0.05, 0) is 48.9 Å². The maximum Gasteiger partial charge on any atom is 0.322 e. The summed E-state index contributed by atoms with van der Waals surface area (Å²) >= 11 is 6.74. The topological polar surface area (TPSA) is 132 Å². The second-order valence-corrected chi connectivity index (χ2v) is 9.18. The molecule has 3 heterocycles. The monoisotopic (exact) mass is 553 g/mol. The Kier molecular flexibility index (Phi) is 6.90. The zero-order valence-electron chi connectivity index (χ0n) is 21.4. The molecule has 5 rings (SSSR count). The quantitative estimate of drug-likeness (QED) is 0.240. The van der Waals surface area contributed by atoms with E-state index in [-0.39, 0.29) is 23.4 Å². The molecule has 3 N–H and O–H groups in total. The number of anilines is 2. The number of nitrogens with zero attached hydrogens (tertiary/aromatic N) is 5. The number of benzene rings is 2. The van der Waals surface area contributed by atoms with E-state index >= 15 is 0 Å². The number of nitrogens with one attached hydrogen (secondary N) is 1. The predicted octanol–water partition coefficient (Wildman–Crippen LogP) is 6.17. The molecule has 1 amide bonds. The highest BCUT2D eigenvalue weighted by atomic mass is 35.5. The molecule has 0 fully saturated rings. The molecule has 9 nitrogen and oxygen atoms in total. The predicted molar refractivity (Wildman–Crippen MR) is 151 cm³/mol. The van der Waals surface area contributed by atoms with Crippen LogP contribution in [0.2, 0.25) is 5.02 Å². The second-order valence-electron chi connectivity index (χ2n) is 8.78. The van der Waals surface area contributed by atoms with Crippen molar-refractivity contribution < 1.29 is 13.9 Å². The molecular weight excluding hydrogens is 533 g/mol. The van der Waals surface area contributed by atoms with E-state index < -0.39 is 5.82 Å². The van der Waals surface area contributed by atoms with Gasteiger partial charge in [0.15, 0.2) is 5.82 Å². The molecular formula is C29H21ClFN7O2. The minimum Gasteiger partial charge on any atom is -0.424 e. The lowest BCUT2D eigenvalue weighted by molar-refractivity contribution is -0.111. The van der Waals surface area contributed by atoms with Gasteiger partial charge in [0, 0.05) is 30.1 Å². The Balaban J connectivity index is 1.67. The summed E-state index contributed by atoms with van der Waals surface area (Å²) in [5, 5.41) is 13.5. The molecule has 11 heteroatoms. The van der Waals surface area contributed by atoms with Crippen LogP contribution in [0.5, 0.6) is 11.8 Å². The highest BCUT2D eigenvalue weighted by molar-refractivity contribution is 6.34. The molecule has 0 unspecified atom stereocenters. The van der Waals surface area contributed by atoms with Crippen LogP contribution in [0.15, 0.2) is 67.5 Å². The number of nitriles is 1. The van der Waals surface area contributed by atoms with Crippen LogP contribution >= 0.6 is 11.6 Å². The van der Waals surface area contributed by atoms with Gasteiger partial charge in [0.2, 0.25) is 5.91 Å². The SMILES string of the molecule is C=CC(=O)Nc1ccc(-c2c(-c3ccc(Oc4ncc(F)c(C)n4)cc3)c3c(N)ncc(C#N)c3n2C)c(Cl)c1. The molecule has 0 spiro atoms. The first-order valence-electron chi connectivity index (χ1n) is 11.9. The van der Waals surface area contributed by atoms with Crippen LogP contribution in [0.25, 0.3) is 33.3 Å². The van der Waals surface area contributed by atoms with Crippen LogP contribution in [-0.4, -0.2) is 25.4 Å². The zero-order chi connectivity index (χ0) is 28.6. The third-order valence-electron chi connectivity index (χ3n) is 6.29. The largest absolute Gasteiger partial charge is 0.424 e. The van der Waals surface area contributed by atoms with E-state index in [0.717, 1.165) is 11.8 Å². The molecule has 0 aliphatic carbocycles. The van der Waals surface area contributed by atoms with E-state index in [0.29, 0.717) is 49.7 Å². The number of ether oxygens (including phenoxy) is 1.